The Kier molecular flexibility index (Phi) is 5.41. The zero-order valence-corrected chi connectivity index (χ0v) is 10.8. The highest BCUT2D eigenvalue weighted by Gasteiger charge is 2.18. The SMILES string of the molecule is O=Cc1cc(Cl)cc(C(O)C(O)CCBr)c1. The Bertz CT molecular complexity index is 370. The van der Waals surface area contributed by atoms with Crippen LogP contribution in [0.4, 0.5) is 0 Å². The van der Waals surface area contributed by atoms with Gasteiger partial charge >= 0.3 is 0 Å². The summed E-state index contributed by atoms with van der Waals surface area (Å²) in [7, 11) is 0. The van der Waals surface area contributed by atoms with Crippen LogP contribution in [0, 0.1) is 0 Å². The molecule has 0 saturated carbocycles. The number of hydrogen-bond donors (Lipinski definition) is 2. The fourth-order valence-corrected chi connectivity index (χ4v) is 2.09. The smallest absolute Gasteiger partial charge is 0.150 e. The number of aliphatic hydroxyl groups excluding tert-OH is 2. The Hall–Kier alpha value is -0.420. The highest BCUT2D eigenvalue weighted by Crippen LogP contribution is 2.23. The minimum absolute atomic E-state index is 0.365. The third-order valence-electron chi connectivity index (χ3n) is 2.19. The third kappa shape index (κ3) is 3.56. The van der Waals surface area contributed by atoms with Gasteiger partial charge in [0.15, 0.2) is 0 Å². The molecule has 0 aliphatic carbocycles. The summed E-state index contributed by atoms with van der Waals surface area (Å²) in [5.41, 5.74) is 0.829. The van der Waals surface area contributed by atoms with E-state index in [0.29, 0.717) is 34.2 Å². The topological polar surface area (TPSA) is 57.5 Å². The summed E-state index contributed by atoms with van der Waals surface area (Å²) in [6, 6.07) is 4.55. The molecule has 2 unspecified atom stereocenters. The van der Waals surface area contributed by atoms with Crippen LogP contribution in [-0.4, -0.2) is 27.9 Å². The van der Waals surface area contributed by atoms with Crippen LogP contribution in [0.1, 0.15) is 28.4 Å². The number of alkyl halides is 1. The molecule has 0 aromatic heterocycles. The van der Waals surface area contributed by atoms with Crippen LogP contribution >= 0.6 is 27.5 Å². The van der Waals surface area contributed by atoms with E-state index in [0.717, 1.165) is 0 Å². The van der Waals surface area contributed by atoms with Gasteiger partial charge in [0.25, 0.3) is 0 Å². The molecule has 1 rings (SSSR count). The van der Waals surface area contributed by atoms with Gasteiger partial charge in [0.2, 0.25) is 0 Å². The van der Waals surface area contributed by atoms with Gasteiger partial charge in [-0.05, 0) is 30.2 Å². The summed E-state index contributed by atoms with van der Waals surface area (Å²) >= 11 is 8.97. The number of aldehydes is 1. The first-order chi connectivity index (χ1) is 7.58. The highest BCUT2D eigenvalue weighted by atomic mass is 79.9. The summed E-state index contributed by atoms with van der Waals surface area (Å²) < 4.78 is 0. The predicted molar refractivity (Wildman–Crippen MR) is 66.2 cm³/mol. The van der Waals surface area contributed by atoms with E-state index in [-0.39, 0.29) is 0 Å². The third-order valence-corrected chi connectivity index (χ3v) is 2.87. The first-order valence-corrected chi connectivity index (χ1v) is 6.26. The quantitative estimate of drug-likeness (QED) is 0.648. The van der Waals surface area contributed by atoms with Crippen molar-refractivity contribution < 1.29 is 15.0 Å². The van der Waals surface area contributed by atoms with Crippen molar-refractivity contribution in [2.45, 2.75) is 18.6 Å². The molecule has 1 aromatic carbocycles. The van der Waals surface area contributed by atoms with E-state index in [4.69, 9.17) is 11.6 Å². The average molecular weight is 308 g/mol. The molecule has 0 amide bonds. The number of aliphatic hydroxyl groups is 2. The number of carbonyl (C=O) groups is 1. The Morgan fingerprint density at radius 3 is 2.62 bits per heavy atom. The lowest BCUT2D eigenvalue weighted by molar-refractivity contribution is 0.0173. The summed E-state index contributed by atoms with van der Waals surface area (Å²) in [6.07, 6.45) is -0.837. The van der Waals surface area contributed by atoms with E-state index < -0.39 is 12.2 Å². The first-order valence-electron chi connectivity index (χ1n) is 4.76. The summed E-state index contributed by atoms with van der Waals surface area (Å²) in [6.45, 7) is 0. The lowest BCUT2D eigenvalue weighted by Gasteiger charge is -2.17. The van der Waals surface area contributed by atoms with Gasteiger partial charge in [-0.15, -0.1) is 0 Å². The van der Waals surface area contributed by atoms with Crippen molar-refractivity contribution in [2.75, 3.05) is 5.33 Å². The van der Waals surface area contributed by atoms with Gasteiger partial charge in [0.1, 0.15) is 12.4 Å². The Morgan fingerprint density at radius 2 is 2.06 bits per heavy atom. The Labute approximate surface area is 107 Å². The van der Waals surface area contributed by atoms with Crippen molar-refractivity contribution >= 4 is 33.8 Å². The summed E-state index contributed by atoms with van der Waals surface area (Å²) in [5.74, 6) is 0. The molecule has 5 heteroatoms. The largest absolute Gasteiger partial charge is 0.390 e. The average Bonchev–Trinajstić information content (AvgIpc) is 2.27. The van der Waals surface area contributed by atoms with Crippen LogP contribution in [0.2, 0.25) is 5.02 Å². The number of hydrogen-bond acceptors (Lipinski definition) is 3. The Morgan fingerprint density at radius 1 is 1.38 bits per heavy atom. The van der Waals surface area contributed by atoms with Crippen LogP contribution in [0.15, 0.2) is 18.2 Å². The Balaban J connectivity index is 2.93. The maximum absolute atomic E-state index is 10.6. The number of rotatable bonds is 5. The predicted octanol–water partition coefficient (Wildman–Crippen LogP) is 2.33. The lowest BCUT2D eigenvalue weighted by atomic mass is 10.0. The number of carbonyl (C=O) groups excluding carboxylic acids is 1. The van der Waals surface area contributed by atoms with E-state index in [2.05, 4.69) is 15.9 Å². The monoisotopic (exact) mass is 306 g/mol. The maximum Gasteiger partial charge on any atom is 0.150 e. The molecule has 3 nitrogen and oxygen atoms in total. The van der Waals surface area contributed by atoms with E-state index in [1.165, 1.54) is 18.2 Å². The van der Waals surface area contributed by atoms with Crippen molar-refractivity contribution in [3.05, 3.63) is 34.3 Å². The molecule has 2 atom stereocenters. The molecule has 0 bridgehead atoms. The van der Waals surface area contributed by atoms with Gasteiger partial charge in [0.05, 0.1) is 6.10 Å². The van der Waals surface area contributed by atoms with E-state index >= 15 is 0 Å². The maximum atomic E-state index is 10.6. The second-order valence-electron chi connectivity index (χ2n) is 3.43. The minimum Gasteiger partial charge on any atom is -0.390 e. The van der Waals surface area contributed by atoms with Crippen molar-refractivity contribution in [3.63, 3.8) is 0 Å². The standard InChI is InChI=1S/C11H12BrClO3/c12-2-1-10(15)11(16)8-3-7(6-14)4-9(13)5-8/h3-6,10-11,15-16H,1-2H2. The molecule has 0 aliphatic heterocycles. The van der Waals surface area contributed by atoms with Gasteiger partial charge in [-0.3, -0.25) is 4.79 Å². The van der Waals surface area contributed by atoms with Crippen LogP contribution in [-0.2, 0) is 0 Å². The molecular weight excluding hydrogens is 295 g/mol. The molecule has 2 N–H and O–H groups in total. The van der Waals surface area contributed by atoms with Gasteiger partial charge in [0, 0.05) is 15.9 Å². The molecule has 16 heavy (non-hydrogen) atoms. The molecule has 0 heterocycles. The van der Waals surface area contributed by atoms with Crippen molar-refractivity contribution in [2.24, 2.45) is 0 Å². The van der Waals surface area contributed by atoms with Gasteiger partial charge in [-0.1, -0.05) is 27.5 Å². The molecular formula is C11H12BrClO3. The van der Waals surface area contributed by atoms with Crippen LogP contribution < -0.4 is 0 Å². The number of benzene rings is 1. The van der Waals surface area contributed by atoms with Gasteiger partial charge < -0.3 is 10.2 Å². The van der Waals surface area contributed by atoms with E-state index in [9.17, 15) is 15.0 Å². The second kappa shape index (κ2) is 6.35. The molecule has 0 saturated heterocycles. The molecule has 0 radical (unpaired) electrons. The van der Waals surface area contributed by atoms with E-state index in [1.807, 2.05) is 0 Å². The first kappa shape index (κ1) is 13.6. The van der Waals surface area contributed by atoms with Gasteiger partial charge in [-0.2, -0.15) is 0 Å². The molecule has 0 fully saturated rings. The zero-order chi connectivity index (χ0) is 12.1. The van der Waals surface area contributed by atoms with Gasteiger partial charge in [-0.25, -0.2) is 0 Å². The van der Waals surface area contributed by atoms with Crippen LogP contribution in [0.25, 0.3) is 0 Å². The zero-order valence-electron chi connectivity index (χ0n) is 8.44. The van der Waals surface area contributed by atoms with Crippen LogP contribution in [0.5, 0.6) is 0 Å². The lowest BCUT2D eigenvalue weighted by Crippen LogP contribution is -2.18. The van der Waals surface area contributed by atoms with Crippen molar-refractivity contribution in [1.29, 1.82) is 0 Å². The normalized spacial score (nSPS) is 14.5. The molecule has 0 aliphatic rings. The summed E-state index contributed by atoms with van der Waals surface area (Å²) in [5, 5.41) is 20.4. The van der Waals surface area contributed by atoms with Crippen LogP contribution in [0.3, 0.4) is 0 Å². The number of halogens is 2. The van der Waals surface area contributed by atoms with Crippen molar-refractivity contribution in [3.8, 4) is 0 Å². The fourth-order valence-electron chi connectivity index (χ4n) is 1.37. The highest BCUT2D eigenvalue weighted by molar-refractivity contribution is 9.09. The van der Waals surface area contributed by atoms with Crippen molar-refractivity contribution in [1.82, 2.24) is 0 Å². The molecule has 88 valence electrons. The minimum atomic E-state index is -1.03. The molecule has 1 aromatic rings. The molecule has 0 spiro atoms. The van der Waals surface area contributed by atoms with E-state index in [1.54, 1.807) is 0 Å². The fraction of sp³-hybridized carbons (Fsp3) is 0.364. The second-order valence-corrected chi connectivity index (χ2v) is 4.66. The summed E-state index contributed by atoms with van der Waals surface area (Å²) in [4.78, 5) is 10.6.